The smallest absolute Gasteiger partial charge is 0.344 e. The maximum Gasteiger partial charge on any atom is 0.344 e. The Morgan fingerprint density at radius 1 is 1.17 bits per heavy atom. The maximum atomic E-state index is 11.8. The van der Waals surface area contributed by atoms with Crippen molar-refractivity contribution in [2.75, 3.05) is 13.2 Å². The number of fused-ring (bicyclic) bond motifs is 1. The molecule has 1 N–H and O–H groups in total. The molecule has 126 valence electrons. The molecule has 1 aromatic rings. The highest BCUT2D eigenvalue weighted by Gasteiger charge is 2.18. The molecule has 0 saturated heterocycles. The van der Waals surface area contributed by atoms with Crippen LogP contribution in [0.15, 0.2) is 18.2 Å². The molecule has 2 rings (SSSR count). The number of amides is 1. The Labute approximate surface area is 137 Å². The SMILES string of the molecule is CC(C)CNC(=O)[C@H](C)OC(=O)COc1ccc2c(c1)CCC2. The minimum atomic E-state index is -0.815. The summed E-state index contributed by atoms with van der Waals surface area (Å²) in [5.41, 5.74) is 2.65. The van der Waals surface area contributed by atoms with Crippen molar-refractivity contribution >= 4 is 11.9 Å². The molecule has 0 heterocycles. The van der Waals surface area contributed by atoms with Gasteiger partial charge in [0.05, 0.1) is 0 Å². The maximum absolute atomic E-state index is 11.8. The lowest BCUT2D eigenvalue weighted by molar-refractivity contribution is -0.156. The highest BCUT2D eigenvalue weighted by atomic mass is 16.6. The summed E-state index contributed by atoms with van der Waals surface area (Å²) >= 11 is 0. The minimum absolute atomic E-state index is 0.194. The molecule has 0 spiro atoms. The number of nitrogens with one attached hydrogen (secondary N) is 1. The highest BCUT2D eigenvalue weighted by Crippen LogP contribution is 2.25. The molecule has 5 heteroatoms. The number of rotatable bonds is 7. The van der Waals surface area contributed by atoms with Crippen LogP contribution in [0, 0.1) is 5.92 Å². The Morgan fingerprint density at radius 2 is 1.91 bits per heavy atom. The second-order valence-electron chi connectivity index (χ2n) is 6.34. The third kappa shape index (κ3) is 5.27. The topological polar surface area (TPSA) is 64.6 Å². The zero-order valence-electron chi connectivity index (χ0n) is 14.1. The van der Waals surface area contributed by atoms with Crippen molar-refractivity contribution in [3.63, 3.8) is 0 Å². The molecule has 0 aliphatic heterocycles. The molecule has 0 unspecified atom stereocenters. The van der Waals surface area contributed by atoms with Crippen LogP contribution in [0.3, 0.4) is 0 Å². The number of ether oxygens (including phenoxy) is 2. The summed E-state index contributed by atoms with van der Waals surface area (Å²) in [7, 11) is 0. The summed E-state index contributed by atoms with van der Waals surface area (Å²) in [6.45, 7) is 5.93. The van der Waals surface area contributed by atoms with Crippen molar-refractivity contribution in [1.82, 2.24) is 5.32 Å². The van der Waals surface area contributed by atoms with Gasteiger partial charge in [-0.25, -0.2) is 4.79 Å². The van der Waals surface area contributed by atoms with Crippen LogP contribution in [0.2, 0.25) is 0 Å². The Morgan fingerprint density at radius 3 is 2.65 bits per heavy atom. The predicted octanol–water partition coefficient (Wildman–Crippen LogP) is 2.26. The van der Waals surface area contributed by atoms with E-state index in [-0.39, 0.29) is 12.5 Å². The van der Waals surface area contributed by atoms with Crippen LogP contribution in [0.25, 0.3) is 0 Å². The average Bonchev–Trinajstić information content (AvgIpc) is 2.98. The number of carbonyl (C=O) groups is 2. The number of carbonyl (C=O) groups excluding carboxylic acids is 2. The van der Waals surface area contributed by atoms with E-state index in [4.69, 9.17) is 9.47 Å². The fourth-order valence-corrected chi connectivity index (χ4v) is 2.51. The Kier molecular flexibility index (Phi) is 6.02. The molecule has 1 aliphatic carbocycles. The Bertz CT molecular complexity index is 568. The number of hydrogen-bond donors (Lipinski definition) is 1. The molecule has 1 atom stereocenters. The van der Waals surface area contributed by atoms with Gasteiger partial charge in [-0.3, -0.25) is 4.79 Å². The number of hydrogen-bond acceptors (Lipinski definition) is 4. The lowest BCUT2D eigenvalue weighted by Gasteiger charge is -2.15. The Balaban J connectivity index is 1.75. The van der Waals surface area contributed by atoms with Gasteiger partial charge >= 0.3 is 5.97 Å². The van der Waals surface area contributed by atoms with Crippen LogP contribution >= 0.6 is 0 Å². The first-order valence-corrected chi connectivity index (χ1v) is 8.17. The van der Waals surface area contributed by atoms with Crippen LogP contribution in [-0.4, -0.2) is 31.1 Å². The highest BCUT2D eigenvalue weighted by molar-refractivity contribution is 5.83. The molecule has 1 amide bonds. The van der Waals surface area contributed by atoms with Crippen molar-refractivity contribution in [2.45, 2.75) is 46.1 Å². The molecule has 0 saturated carbocycles. The number of esters is 1. The molecular weight excluding hydrogens is 294 g/mol. The first kappa shape index (κ1) is 17.3. The van der Waals surface area contributed by atoms with Crippen molar-refractivity contribution in [3.8, 4) is 5.75 Å². The molecule has 1 aromatic carbocycles. The second-order valence-corrected chi connectivity index (χ2v) is 6.34. The van der Waals surface area contributed by atoms with Crippen LogP contribution in [0.4, 0.5) is 0 Å². The van der Waals surface area contributed by atoms with Gasteiger partial charge in [-0.05, 0) is 55.4 Å². The van der Waals surface area contributed by atoms with E-state index in [1.807, 2.05) is 32.0 Å². The molecule has 0 aromatic heterocycles. The first-order valence-electron chi connectivity index (χ1n) is 8.17. The summed E-state index contributed by atoms with van der Waals surface area (Å²) in [4.78, 5) is 23.5. The van der Waals surface area contributed by atoms with Gasteiger partial charge in [-0.2, -0.15) is 0 Å². The third-order valence-corrected chi connectivity index (χ3v) is 3.79. The molecule has 23 heavy (non-hydrogen) atoms. The zero-order valence-corrected chi connectivity index (χ0v) is 14.1. The number of aryl methyl sites for hydroxylation is 2. The van der Waals surface area contributed by atoms with Crippen LogP contribution < -0.4 is 10.1 Å². The third-order valence-electron chi connectivity index (χ3n) is 3.79. The summed E-state index contributed by atoms with van der Waals surface area (Å²) in [6, 6.07) is 5.90. The average molecular weight is 319 g/mol. The Hall–Kier alpha value is -2.04. The van der Waals surface area contributed by atoms with Crippen LogP contribution in [0.1, 0.15) is 38.3 Å². The van der Waals surface area contributed by atoms with E-state index in [1.165, 1.54) is 17.5 Å². The fraction of sp³-hybridized carbons (Fsp3) is 0.556. The van der Waals surface area contributed by atoms with Gasteiger partial charge < -0.3 is 14.8 Å². The molecule has 5 nitrogen and oxygen atoms in total. The van der Waals surface area contributed by atoms with Gasteiger partial charge in [0.15, 0.2) is 12.7 Å². The van der Waals surface area contributed by atoms with Gasteiger partial charge in [-0.1, -0.05) is 19.9 Å². The van der Waals surface area contributed by atoms with Gasteiger partial charge in [-0.15, -0.1) is 0 Å². The van der Waals surface area contributed by atoms with E-state index in [1.54, 1.807) is 6.92 Å². The second kappa shape index (κ2) is 7.99. The van der Waals surface area contributed by atoms with Crippen LogP contribution in [0.5, 0.6) is 5.75 Å². The van der Waals surface area contributed by atoms with Crippen molar-refractivity contribution in [3.05, 3.63) is 29.3 Å². The lowest BCUT2D eigenvalue weighted by Crippen LogP contribution is -2.38. The fourth-order valence-electron chi connectivity index (χ4n) is 2.51. The zero-order chi connectivity index (χ0) is 16.8. The largest absolute Gasteiger partial charge is 0.482 e. The minimum Gasteiger partial charge on any atom is -0.482 e. The van der Waals surface area contributed by atoms with E-state index in [2.05, 4.69) is 5.32 Å². The van der Waals surface area contributed by atoms with Gasteiger partial charge in [0, 0.05) is 6.54 Å². The predicted molar refractivity (Wildman–Crippen MR) is 87.4 cm³/mol. The van der Waals surface area contributed by atoms with Crippen molar-refractivity contribution < 1.29 is 19.1 Å². The summed E-state index contributed by atoms with van der Waals surface area (Å²) in [5, 5.41) is 2.73. The van der Waals surface area contributed by atoms with E-state index >= 15 is 0 Å². The van der Waals surface area contributed by atoms with E-state index in [0.29, 0.717) is 18.2 Å². The molecule has 0 fully saturated rings. The van der Waals surface area contributed by atoms with E-state index < -0.39 is 12.1 Å². The van der Waals surface area contributed by atoms with Crippen molar-refractivity contribution in [2.24, 2.45) is 5.92 Å². The van der Waals surface area contributed by atoms with Crippen molar-refractivity contribution in [1.29, 1.82) is 0 Å². The van der Waals surface area contributed by atoms with E-state index in [0.717, 1.165) is 12.8 Å². The monoisotopic (exact) mass is 319 g/mol. The molecule has 0 bridgehead atoms. The number of benzene rings is 1. The summed E-state index contributed by atoms with van der Waals surface area (Å²) < 4.78 is 10.5. The van der Waals surface area contributed by atoms with Gasteiger partial charge in [0.25, 0.3) is 5.91 Å². The first-order chi connectivity index (χ1) is 11.0. The van der Waals surface area contributed by atoms with E-state index in [9.17, 15) is 9.59 Å². The molecule has 1 aliphatic rings. The molecular formula is C18H25NO4. The summed E-state index contributed by atoms with van der Waals surface area (Å²) in [5.74, 6) is 0.187. The van der Waals surface area contributed by atoms with Gasteiger partial charge in [0.1, 0.15) is 5.75 Å². The van der Waals surface area contributed by atoms with Gasteiger partial charge in [0.2, 0.25) is 0 Å². The summed E-state index contributed by atoms with van der Waals surface area (Å²) in [6.07, 6.45) is 2.53. The lowest BCUT2D eigenvalue weighted by atomic mass is 10.1. The molecule has 0 radical (unpaired) electrons. The quantitative estimate of drug-likeness (QED) is 0.783. The van der Waals surface area contributed by atoms with Crippen LogP contribution in [-0.2, 0) is 27.2 Å². The standard InChI is InChI=1S/C18H25NO4/c1-12(2)10-19-18(21)13(3)23-17(20)11-22-16-8-7-14-5-4-6-15(14)9-16/h7-9,12-13H,4-6,10-11H2,1-3H3,(H,19,21)/t13-/m0/s1. The normalized spacial score (nSPS) is 14.3.